The fourth-order valence-electron chi connectivity index (χ4n) is 3.50. The molecule has 1 heterocycles. The standard InChI is InChI=1S/C24H29FN2O4/c1-2-8-24(29)30-17-20(28)15-27(14-19-11-6-7-12-22(19)25)16-21-13-23(26-31-21)18-9-4-3-5-10-18/h3-7,9-12,20-21,28H,2,8,13-17H2,1H3/t20-,21-/m0/s1. The number of nitrogens with zero attached hydrogens (tertiary/aromatic N) is 2. The van der Waals surface area contributed by atoms with Crippen molar-refractivity contribution in [2.45, 2.75) is 44.9 Å². The number of aliphatic hydroxyl groups excluding tert-OH is 1. The monoisotopic (exact) mass is 428 g/mol. The number of rotatable bonds is 11. The lowest BCUT2D eigenvalue weighted by atomic mass is 10.0. The van der Waals surface area contributed by atoms with Gasteiger partial charge in [-0.3, -0.25) is 9.69 Å². The molecule has 1 aliphatic rings. The number of ether oxygens (including phenoxy) is 1. The molecule has 7 heteroatoms. The number of benzene rings is 2. The van der Waals surface area contributed by atoms with Crippen LogP contribution in [0.25, 0.3) is 0 Å². The highest BCUT2D eigenvalue weighted by atomic mass is 19.1. The average Bonchev–Trinajstić information content (AvgIpc) is 3.23. The number of carbonyl (C=O) groups excluding carboxylic acids is 1. The predicted octanol–water partition coefficient (Wildman–Crippen LogP) is 3.53. The van der Waals surface area contributed by atoms with Gasteiger partial charge in [-0.05, 0) is 18.1 Å². The SMILES string of the molecule is CCCC(=O)OC[C@@H](O)CN(Cc1ccccc1F)C[C@@H]1CC(c2ccccc2)=NO1. The number of halogens is 1. The Morgan fingerprint density at radius 1 is 1.26 bits per heavy atom. The first-order valence-electron chi connectivity index (χ1n) is 10.6. The summed E-state index contributed by atoms with van der Waals surface area (Å²) in [6.45, 7) is 2.76. The van der Waals surface area contributed by atoms with Gasteiger partial charge in [-0.2, -0.15) is 0 Å². The van der Waals surface area contributed by atoms with Crippen LogP contribution >= 0.6 is 0 Å². The Labute approximate surface area is 182 Å². The topological polar surface area (TPSA) is 71.4 Å². The maximum atomic E-state index is 14.2. The summed E-state index contributed by atoms with van der Waals surface area (Å²) in [5.74, 6) is -0.632. The van der Waals surface area contributed by atoms with Gasteiger partial charge < -0.3 is 14.7 Å². The predicted molar refractivity (Wildman–Crippen MR) is 116 cm³/mol. The van der Waals surface area contributed by atoms with E-state index in [0.29, 0.717) is 37.9 Å². The molecule has 0 bridgehead atoms. The lowest BCUT2D eigenvalue weighted by Crippen LogP contribution is -2.39. The van der Waals surface area contributed by atoms with E-state index < -0.39 is 6.10 Å². The molecule has 0 unspecified atom stereocenters. The lowest BCUT2D eigenvalue weighted by molar-refractivity contribution is -0.147. The van der Waals surface area contributed by atoms with Crippen LogP contribution in [-0.4, -0.2) is 53.6 Å². The molecule has 2 aromatic rings. The molecular formula is C24H29FN2O4. The summed E-state index contributed by atoms with van der Waals surface area (Å²) >= 11 is 0. The van der Waals surface area contributed by atoms with E-state index in [1.807, 2.05) is 42.2 Å². The van der Waals surface area contributed by atoms with Crippen LogP contribution < -0.4 is 0 Å². The van der Waals surface area contributed by atoms with Crippen molar-refractivity contribution in [1.29, 1.82) is 0 Å². The van der Waals surface area contributed by atoms with Gasteiger partial charge in [-0.25, -0.2) is 4.39 Å². The second-order valence-electron chi connectivity index (χ2n) is 7.71. The zero-order valence-corrected chi connectivity index (χ0v) is 17.7. The third kappa shape index (κ3) is 7.15. The third-order valence-corrected chi connectivity index (χ3v) is 5.01. The summed E-state index contributed by atoms with van der Waals surface area (Å²) < 4.78 is 19.3. The van der Waals surface area contributed by atoms with Crippen LogP contribution in [0, 0.1) is 5.82 Å². The highest BCUT2D eigenvalue weighted by Crippen LogP contribution is 2.19. The Morgan fingerprint density at radius 3 is 2.74 bits per heavy atom. The van der Waals surface area contributed by atoms with E-state index in [0.717, 1.165) is 11.3 Å². The van der Waals surface area contributed by atoms with Crippen molar-refractivity contribution < 1.29 is 23.9 Å². The molecular weight excluding hydrogens is 399 g/mol. The van der Waals surface area contributed by atoms with Crippen LogP contribution in [0.3, 0.4) is 0 Å². The normalized spacial score (nSPS) is 16.6. The Hall–Kier alpha value is -2.77. The Kier molecular flexibility index (Phi) is 8.55. The van der Waals surface area contributed by atoms with Crippen molar-refractivity contribution in [3.05, 3.63) is 71.5 Å². The number of hydrogen-bond donors (Lipinski definition) is 1. The van der Waals surface area contributed by atoms with Crippen LogP contribution in [0.1, 0.15) is 37.3 Å². The van der Waals surface area contributed by atoms with Crippen LogP contribution in [-0.2, 0) is 20.9 Å². The Balaban J connectivity index is 1.60. The van der Waals surface area contributed by atoms with E-state index in [1.165, 1.54) is 6.07 Å². The molecule has 3 rings (SSSR count). The minimum absolute atomic E-state index is 0.0934. The summed E-state index contributed by atoms with van der Waals surface area (Å²) in [5, 5.41) is 14.6. The Bertz CT molecular complexity index is 875. The highest BCUT2D eigenvalue weighted by Gasteiger charge is 2.26. The number of oxime groups is 1. The number of hydrogen-bond acceptors (Lipinski definition) is 6. The average molecular weight is 429 g/mol. The van der Waals surface area contributed by atoms with Crippen LogP contribution in [0.5, 0.6) is 0 Å². The molecule has 1 N–H and O–H groups in total. The second kappa shape index (κ2) is 11.6. The minimum atomic E-state index is -0.886. The minimum Gasteiger partial charge on any atom is -0.463 e. The molecule has 2 aromatic carbocycles. The molecule has 0 fully saturated rings. The first-order valence-corrected chi connectivity index (χ1v) is 10.6. The molecule has 0 spiro atoms. The fourth-order valence-corrected chi connectivity index (χ4v) is 3.50. The zero-order valence-electron chi connectivity index (χ0n) is 17.7. The van der Waals surface area contributed by atoms with Gasteiger partial charge in [-0.15, -0.1) is 0 Å². The fraction of sp³-hybridized carbons (Fsp3) is 0.417. The molecule has 0 saturated carbocycles. The van der Waals surface area contributed by atoms with Crippen molar-refractivity contribution in [1.82, 2.24) is 4.90 Å². The second-order valence-corrected chi connectivity index (χ2v) is 7.71. The zero-order chi connectivity index (χ0) is 22.1. The van der Waals surface area contributed by atoms with Gasteiger partial charge in [0.25, 0.3) is 0 Å². The lowest BCUT2D eigenvalue weighted by Gasteiger charge is -2.27. The van der Waals surface area contributed by atoms with E-state index in [9.17, 15) is 14.3 Å². The van der Waals surface area contributed by atoms with Gasteiger partial charge in [0.05, 0.1) is 5.71 Å². The van der Waals surface area contributed by atoms with E-state index in [2.05, 4.69) is 5.16 Å². The van der Waals surface area contributed by atoms with E-state index in [1.54, 1.807) is 18.2 Å². The van der Waals surface area contributed by atoms with Crippen molar-refractivity contribution >= 4 is 11.7 Å². The molecule has 0 aromatic heterocycles. The molecule has 166 valence electrons. The summed E-state index contributed by atoms with van der Waals surface area (Å²) in [7, 11) is 0. The van der Waals surface area contributed by atoms with Crippen LogP contribution in [0.2, 0.25) is 0 Å². The summed E-state index contributed by atoms with van der Waals surface area (Å²) in [6, 6.07) is 16.4. The van der Waals surface area contributed by atoms with Crippen molar-refractivity contribution in [3.8, 4) is 0 Å². The Morgan fingerprint density at radius 2 is 2.00 bits per heavy atom. The van der Waals surface area contributed by atoms with Gasteiger partial charge in [0.15, 0.2) is 0 Å². The quantitative estimate of drug-likeness (QED) is 0.555. The maximum absolute atomic E-state index is 14.2. The van der Waals surface area contributed by atoms with Crippen molar-refractivity contribution in [2.75, 3.05) is 19.7 Å². The van der Waals surface area contributed by atoms with E-state index in [4.69, 9.17) is 9.57 Å². The maximum Gasteiger partial charge on any atom is 0.305 e. The van der Waals surface area contributed by atoms with Gasteiger partial charge in [0.2, 0.25) is 0 Å². The molecule has 31 heavy (non-hydrogen) atoms. The molecule has 0 saturated heterocycles. The molecule has 0 amide bonds. The van der Waals surface area contributed by atoms with Gasteiger partial charge >= 0.3 is 5.97 Å². The van der Waals surface area contributed by atoms with Crippen LogP contribution in [0.15, 0.2) is 59.8 Å². The molecule has 1 aliphatic heterocycles. The van der Waals surface area contributed by atoms with Gasteiger partial charge in [0.1, 0.15) is 24.6 Å². The van der Waals surface area contributed by atoms with Gasteiger partial charge in [-0.1, -0.05) is 60.6 Å². The van der Waals surface area contributed by atoms with Crippen LogP contribution in [0.4, 0.5) is 4.39 Å². The summed E-state index contributed by atoms with van der Waals surface area (Å²) in [6.07, 6.45) is 0.540. The highest BCUT2D eigenvalue weighted by molar-refractivity contribution is 6.01. The molecule has 2 atom stereocenters. The number of aliphatic hydroxyl groups is 1. The summed E-state index contributed by atoms with van der Waals surface area (Å²) in [5.41, 5.74) is 2.40. The van der Waals surface area contributed by atoms with E-state index in [-0.39, 0.29) is 31.0 Å². The van der Waals surface area contributed by atoms with Gasteiger partial charge in [0, 0.05) is 38.0 Å². The number of carbonyl (C=O) groups is 1. The smallest absolute Gasteiger partial charge is 0.305 e. The van der Waals surface area contributed by atoms with Crippen molar-refractivity contribution in [3.63, 3.8) is 0 Å². The summed E-state index contributed by atoms with van der Waals surface area (Å²) in [4.78, 5) is 19.1. The van der Waals surface area contributed by atoms with Crippen molar-refractivity contribution in [2.24, 2.45) is 5.16 Å². The first-order chi connectivity index (χ1) is 15.0. The number of esters is 1. The third-order valence-electron chi connectivity index (χ3n) is 5.01. The molecule has 0 radical (unpaired) electrons. The van der Waals surface area contributed by atoms with E-state index >= 15 is 0 Å². The molecule has 6 nitrogen and oxygen atoms in total. The largest absolute Gasteiger partial charge is 0.463 e. The molecule has 0 aliphatic carbocycles. The first kappa shape index (κ1) is 22.9.